The van der Waals surface area contributed by atoms with Crippen LogP contribution in [0.4, 0.5) is 0 Å². The van der Waals surface area contributed by atoms with E-state index in [-0.39, 0.29) is 0 Å². The van der Waals surface area contributed by atoms with E-state index in [1.807, 2.05) is 66.1 Å². The Labute approximate surface area is 163 Å². The molecule has 4 rings (SSSR count). The van der Waals surface area contributed by atoms with Gasteiger partial charge in [-0.25, -0.2) is 0 Å². The first-order chi connectivity index (χ1) is 13.3. The Morgan fingerprint density at radius 2 is 1.56 bits per heavy atom. The van der Waals surface area contributed by atoms with E-state index in [1.54, 1.807) is 18.9 Å². The maximum absolute atomic E-state index is 6.15. The Morgan fingerprint density at radius 1 is 0.778 bits per heavy atom. The number of hydrogen-bond acceptors (Lipinski definition) is 2. The number of thioether (sulfide) groups is 1. The number of rotatable bonds is 5. The minimum atomic E-state index is 0.840. The van der Waals surface area contributed by atoms with Crippen molar-refractivity contribution in [3.63, 3.8) is 0 Å². The molecule has 1 heterocycles. The minimum absolute atomic E-state index is 0.840. The first-order valence-electron chi connectivity index (χ1n) is 8.73. The van der Waals surface area contributed by atoms with Gasteiger partial charge >= 0.3 is 10.9 Å². The maximum Gasteiger partial charge on any atom is 0.392 e. The fourth-order valence-electron chi connectivity index (χ4n) is 3.01. The summed E-state index contributed by atoms with van der Waals surface area (Å²) in [5.74, 6) is 1.71. The summed E-state index contributed by atoms with van der Waals surface area (Å²) in [6.07, 6.45) is 2.08. The van der Waals surface area contributed by atoms with Crippen molar-refractivity contribution >= 4 is 28.6 Å². The average Bonchev–Trinajstić information content (AvgIpc) is 2.74. The van der Waals surface area contributed by atoms with Crippen LogP contribution < -0.4 is 4.74 Å². The molecule has 0 aliphatic rings. The standard InChI is InChI=1S/C24H19O2S/c1-25-22-15-14-21(19-10-5-6-11-20(19)22)23-12-7-13-24(26-23)27-17-16-18-8-3-2-4-9-18/h2-17H,1H3/q+1/b17-16+. The second-order valence-electron chi connectivity index (χ2n) is 6.00. The van der Waals surface area contributed by atoms with Gasteiger partial charge in [0.2, 0.25) is 0 Å². The molecule has 27 heavy (non-hydrogen) atoms. The molecule has 132 valence electrons. The van der Waals surface area contributed by atoms with Crippen molar-refractivity contribution in [1.82, 2.24) is 0 Å². The van der Waals surface area contributed by atoms with Gasteiger partial charge in [-0.2, -0.15) is 4.42 Å². The molecule has 0 saturated carbocycles. The predicted octanol–water partition coefficient (Wildman–Crippen LogP) is 7.15. The lowest BCUT2D eigenvalue weighted by molar-refractivity contribution is 0.420. The second-order valence-corrected chi connectivity index (χ2v) is 6.91. The third-order valence-electron chi connectivity index (χ3n) is 4.30. The molecule has 0 saturated heterocycles. The van der Waals surface area contributed by atoms with Crippen LogP contribution in [0.15, 0.2) is 99.8 Å². The number of methoxy groups -OCH3 is 1. The van der Waals surface area contributed by atoms with Gasteiger partial charge in [0.25, 0.3) is 0 Å². The first-order valence-corrected chi connectivity index (χ1v) is 9.60. The van der Waals surface area contributed by atoms with Gasteiger partial charge < -0.3 is 4.74 Å². The summed E-state index contributed by atoms with van der Waals surface area (Å²) in [6, 6.07) is 28.5. The Bertz CT molecular complexity index is 1090. The Balaban J connectivity index is 1.65. The summed E-state index contributed by atoms with van der Waals surface area (Å²) in [7, 11) is 1.70. The van der Waals surface area contributed by atoms with E-state index in [2.05, 4.69) is 30.3 Å². The number of ether oxygens (including phenoxy) is 1. The molecular formula is C24H19O2S+. The summed E-state index contributed by atoms with van der Waals surface area (Å²) in [4.78, 5) is 0. The van der Waals surface area contributed by atoms with Crippen LogP contribution in [-0.2, 0) is 0 Å². The minimum Gasteiger partial charge on any atom is -0.496 e. The molecule has 0 amide bonds. The van der Waals surface area contributed by atoms with Crippen molar-refractivity contribution in [2.75, 3.05) is 7.11 Å². The molecular weight excluding hydrogens is 352 g/mol. The lowest BCUT2D eigenvalue weighted by Crippen LogP contribution is -1.87. The van der Waals surface area contributed by atoms with Gasteiger partial charge in [-0.15, -0.1) is 0 Å². The van der Waals surface area contributed by atoms with E-state index < -0.39 is 0 Å². The van der Waals surface area contributed by atoms with Crippen molar-refractivity contribution in [1.29, 1.82) is 0 Å². The van der Waals surface area contributed by atoms with Crippen LogP contribution >= 0.6 is 11.8 Å². The molecule has 4 aromatic rings. The monoisotopic (exact) mass is 371 g/mol. The van der Waals surface area contributed by atoms with Gasteiger partial charge in [0, 0.05) is 28.6 Å². The van der Waals surface area contributed by atoms with Crippen molar-refractivity contribution < 1.29 is 9.15 Å². The third-order valence-corrected chi connectivity index (χ3v) is 5.03. The number of fused-ring (bicyclic) bond motifs is 1. The van der Waals surface area contributed by atoms with Gasteiger partial charge in [0.15, 0.2) is 0 Å². The van der Waals surface area contributed by atoms with Gasteiger partial charge in [-0.05, 0) is 35.2 Å². The fraction of sp³-hybridized carbons (Fsp3) is 0.0417. The summed E-state index contributed by atoms with van der Waals surface area (Å²) in [5.41, 5.74) is 2.23. The van der Waals surface area contributed by atoms with Crippen molar-refractivity contribution in [2.24, 2.45) is 0 Å². The van der Waals surface area contributed by atoms with Crippen LogP contribution in [0.25, 0.3) is 28.2 Å². The molecule has 3 heteroatoms. The van der Waals surface area contributed by atoms with Crippen molar-refractivity contribution in [3.8, 4) is 17.1 Å². The van der Waals surface area contributed by atoms with E-state index >= 15 is 0 Å². The Morgan fingerprint density at radius 3 is 2.37 bits per heavy atom. The fourth-order valence-corrected chi connectivity index (χ4v) is 3.66. The van der Waals surface area contributed by atoms with Crippen molar-refractivity contribution in [2.45, 2.75) is 5.09 Å². The lowest BCUT2D eigenvalue weighted by Gasteiger charge is -2.06. The zero-order chi connectivity index (χ0) is 18.5. The van der Waals surface area contributed by atoms with Crippen LogP contribution in [-0.4, -0.2) is 7.11 Å². The molecule has 3 aromatic carbocycles. The highest BCUT2D eigenvalue weighted by Gasteiger charge is 2.18. The van der Waals surface area contributed by atoms with E-state index in [9.17, 15) is 0 Å². The molecule has 0 aliphatic carbocycles. The van der Waals surface area contributed by atoms with Crippen LogP contribution in [0.2, 0.25) is 0 Å². The highest BCUT2D eigenvalue weighted by molar-refractivity contribution is 8.02. The van der Waals surface area contributed by atoms with E-state index in [0.29, 0.717) is 0 Å². The molecule has 0 radical (unpaired) electrons. The molecule has 0 aliphatic heterocycles. The molecule has 0 N–H and O–H groups in total. The zero-order valence-electron chi connectivity index (χ0n) is 15.0. The second kappa shape index (κ2) is 8.11. The van der Waals surface area contributed by atoms with Gasteiger partial charge in [0.05, 0.1) is 18.7 Å². The van der Waals surface area contributed by atoms with Crippen LogP contribution in [0, 0.1) is 0 Å². The van der Waals surface area contributed by atoms with Crippen LogP contribution in [0.3, 0.4) is 0 Å². The summed E-state index contributed by atoms with van der Waals surface area (Å²) in [5, 5.41) is 5.08. The largest absolute Gasteiger partial charge is 0.496 e. The molecule has 0 bridgehead atoms. The highest BCUT2D eigenvalue weighted by Crippen LogP contribution is 2.35. The molecule has 0 unspecified atom stereocenters. The smallest absolute Gasteiger partial charge is 0.392 e. The Hall–Kier alpha value is -3.04. The molecule has 0 spiro atoms. The Kier molecular flexibility index (Phi) is 5.22. The topological polar surface area (TPSA) is 20.5 Å². The molecule has 0 atom stereocenters. The lowest BCUT2D eigenvalue weighted by atomic mass is 10.0. The molecule has 1 aromatic heterocycles. The predicted molar refractivity (Wildman–Crippen MR) is 114 cm³/mol. The number of benzene rings is 3. The van der Waals surface area contributed by atoms with E-state index in [0.717, 1.165) is 32.9 Å². The van der Waals surface area contributed by atoms with E-state index in [4.69, 9.17) is 9.15 Å². The summed E-state index contributed by atoms with van der Waals surface area (Å²) < 4.78 is 11.6. The van der Waals surface area contributed by atoms with Gasteiger partial charge in [0.1, 0.15) is 5.75 Å². The molecule has 0 fully saturated rings. The van der Waals surface area contributed by atoms with Crippen LogP contribution in [0.5, 0.6) is 5.75 Å². The maximum atomic E-state index is 6.15. The third kappa shape index (κ3) is 3.88. The quantitative estimate of drug-likeness (QED) is 0.274. The van der Waals surface area contributed by atoms with Gasteiger partial charge in [-0.1, -0.05) is 54.6 Å². The number of hydrogen-bond donors (Lipinski definition) is 0. The molecule has 2 nitrogen and oxygen atoms in total. The summed E-state index contributed by atoms with van der Waals surface area (Å²) >= 11 is 1.57. The van der Waals surface area contributed by atoms with E-state index in [1.165, 1.54) is 5.56 Å². The highest BCUT2D eigenvalue weighted by atomic mass is 32.2. The van der Waals surface area contributed by atoms with Crippen LogP contribution in [0.1, 0.15) is 5.56 Å². The van der Waals surface area contributed by atoms with Crippen molar-refractivity contribution in [3.05, 3.63) is 95.9 Å². The zero-order valence-corrected chi connectivity index (χ0v) is 15.8. The summed E-state index contributed by atoms with van der Waals surface area (Å²) in [6.45, 7) is 0. The van der Waals surface area contributed by atoms with Gasteiger partial charge in [-0.3, -0.25) is 0 Å². The first kappa shape index (κ1) is 17.4. The SMILES string of the molecule is COc1ccc(-c2cccc(S/C=C/c3ccccc3)[o+]2)c2ccccc12. The normalized spacial score (nSPS) is 11.1. The average molecular weight is 371 g/mol.